The van der Waals surface area contributed by atoms with Crippen molar-refractivity contribution in [2.75, 3.05) is 33.4 Å². The molecule has 1 heterocycles. The van der Waals surface area contributed by atoms with Gasteiger partial charge in [-0.2, -0.15) is 0 Å². The minimum atomic E-state index is -0.267. The van der Waals surface area contributed by atoms with Crippen molar-refractivity contribution in [1.29, 1.82) is 0 Å². The van der Waals surface area contributed by atoms with Crippen molar-refractivity contribution in [3.63, 3.8) is 0 Å². The molecule has 150 valence electrons. The van der Waals surface area contributed by atoms with Crippen molar-refractivity contribution in [3.8, 4) is 11.5 Å². The number of nitrogens with zero attached hydrogens (tertiary/aromatic N) is 1. The number of nitrogens with one attached hydrogen (secondary N) is 1. The normalized spacial score (nSPS) is 16.5. The van der Waals surface area contributed by atoms with Gasteiger partial charge in [-0.15, -0.1) is 0 Å². The monoisotopic (exact) mass is 384 g/mol. The predicted molar refractivity (Wildman–Crippen MR) is 108 cm³/mol. The van der Waals surface area contributed by atoms with E-state index in [1.165, 1.54) is 0 Å². The number of benzene rings is 2. The molecule has 0 aliphatic carbocycles. The lowest BCUT2D eigenvalue weighted by atomic mass is 10.1. The molecule has 1 fully saturated rings. The molecule has 0 spiro atoms. The Morgan fingerprint density at radius 1 is 1.18 bits per heavy atom. The average Bonchev–Trinajstić information content (AvgIpc) is 2.74. The van der Waals surface area contributed by atoms with Gasteiger partial charge in [0.05, 0.1) is 13.7 Å². The SMILES string of the molecule is COc1cc(C)ccc1OCC[C@@H]1CN(C(=O)OCc2ccccc2)CCN1. The largest absolute Gasteiger partial charge is 0.493 e. The van der Waals surface area contributed by atoms with Gasteiger partial charge in [-0.05, 0) is 36.6 Å². The van der Waals surface area contributed by atoms with Crippen LogP contribution in [-0.4, -0.2) is 50.4 Å². The number of piperazine rings is 1. The lowest BCUT2D eigenvalue weighted by Crippen LogP contribution is -2.53. The number of aryl methyl sites for hydroxylation is 1. The summed E-state index contributed by atoms with van der Waals surface area (Å²) in [5.41, 5.74) is 2.12. The van der Waals surface area contributed by atoms with E-state index in [1.54, 1.807) is 12.0 Å². The topological polar surface area (TPSA) is 60.0 Å². The number of rotatable bonds is 7. The molecular formula is C22H28N2O4. The molecule has 2 aromatic rings. The highest BCUT2D eigenvalue weighted by atomic mass is 16.6. The fraction of sp³-hybridized carbons (Fsp3) is 0.409. The van der Waals surface area contributed by atoms with E-state index in [0.29, 0.717) is 26.3 Å². The lowest BCUT2D eigenvalue weighted by Gasteiger charge is -2.33. The molecule has 1 aliphatic rings. The van der Waals surface area contributed by atoms with Crippen LogP contribution in [0.5, 0.6) is 11.5 Å². The van der Waals surface area contributed by atoms with E-state index in [9.17, 15) is 4.79 Å². The third-order valence-electron chi connectivity index (χ3n) is 4.76. The van der Waals surface area contributed by atoms with Crippen molar-refractivity contribution >= 4 is 6.09 Å². The molecule has 2 aromatic carbocycles. The number of carbonyl (C=O) groups is 1. The van der Waals surface area contributed by atoms with Crippen LogP contribution >= 0.6 is 0 Å². The zero-order valence-electron chi connectivity index (χ0n) is 16.5. The molecule has 0 saturated carbocycles. The first kappa shape index (κ1) is 20.0. The lowest BCUT2D eigenvalue weighted by molar-refractivity contribution is 0.0827. The molecule has 1 atom stereocenters. The first-order valence-electron chi connectivity index (χ1n) is 9.62. The van der Waals surface area contributed by atoms with Gasteiger partial charge in [0, 0.05) is 25.7 Å². The van der Waals surface area contributed by atoms with E-state index in [0.717, 1.165) is 35.6 Å². The Kier molecular flexibility index (Phi) is 7.14. The molecule has 0 radical (unpaired) electrons. The molecule has 3 rings (SSSR count). The highest BCUT2D eigenvalue weighted by molar-refractivity contribution is 5.67. The van der Waals surface area contributed by atoms with Crippen LogP contribution in [0.1, 0.15) is 17.5 Å². The highest BCUT2D eigenvalue weighted by Crippen LogP contribution is 2.27. The van der Waals surface area contributed by atoms with Crippen molar-refractivity contribution < 1.29 is 19.0 Å². The van der Waals surface area contributed by atoms with Gasteiger partial charge in [-0.25, -0.2) is 4.79 Å². The maximum Gasteiger partial charge on any atom is 0.410 e. The first-order valence-corrected chi connectivity index (χ1v) is 9.62. The Morgan fingerprint density at radius 2 is 2.00 bits per heavy atom. The number of hydrogen-bond donors (Lipinski definition) is 1. The zero-order valence-corrected chi connectivity index (χ0v) is 16.5. The third-order valence-corrected chi connectivity index (χ3v) is 4.76. The van der Waals surface area contributed by atoms with E-state index in [-0.39, 0.29) is 12.1 Å². The summed E-state index contributed by atoms with van der Waals surface area (Å²) in [5, 5.41) is 3.44. The highest BCUT2D eigenvalue weighted by Gasteiger charge is 2.24. The summed E-state index contributed by atoms with van der Waals surface area (Å²) in [4.78, 5) is 14.1. The van der Waals surface area contributed by atoms with Crippen molar-refractivity contribution in [3.05, 3.63) is 59.7 Å². The van der Waals surface area contributed by atoms with Crippen LogP contribution in [0.15, 0.2) is 48.5 Å². The molecule has 0 bridgehead atoms. The summed E-state index contributed by atoms with van der Waals surface area (Å²) >= 11 is 0. The maximum atomic E-state index is 12.4. The van der Waals surface area contributed by atoms with E-state index in [1.807, 2.05) is 55.5 Å². The molecule has 0 unspecified atom stereocenters. The Morgan fingerprint density at radius 3 is 2.79 bits per heavy atom. The Hall–Kier alpha value is -2.73. The summed E-state index contributed by atoms with van der Waals surface area (Å²) in [6.07, 6.45) is 0.524. The predicted octanol–water partition coefficient (Wildman–Crippen LogP) is 3.38. The molecular weight excluding hydrogens is 356 g/mol. The molecule has 1 aliphatic heterocycles. The van der Waals surface area contributed by atoms with Gasteiger partial charge < -0.3 is 24.4 Å². The van der Waals surface area contributed by atoms with Crippen LogP contribution < -0.4 is 14.8 Å². The quantitative estimate of drug-likeness (QED) is 0.793. The summed E-state index contributed by atoms with van der Waals surface area (Å²) in [6.45, 7) is 4.87. The van der Waals surface area contributed by atoms with Gasteiger partial charge in [0.1, 0.15) is 6.61 Å². The average molecular weight is 384 g/mol. The van der Waals surface area contributed by atoms with Gasteiger partial charge >= 0.3 is 6.09 Å². The summed E-state index contributed by atoms with van der Waals surface area (Å²) in [6, 6.07) is 15.8. The number of amides is 1. The summed E-state index contributed by atoms with van der Waals surface area (Å²) in [7, 11) is 1.64. The number of carbonyl (C=O) groups excluding carboxylic acids is 1. The molecule has 6 nitrogen and oxygen atoms in total. The van der Waals surface area contributed by atoms with Crippen LogP contribution in [0, 0.1) is 6.92 Å². The second-order valence-corrected chi connectivity index (χ2v) is 6.93. The number of methoxy groups -OCH3 is 1. The maximum absolute atomic E-state index is 12.4. The van der Waals surface area contributed by atoms with Crippen LogP contribution in [0.25, 0.3) is 0 Å². The second kappa shape index (κ2) is 9.99. The second-order valence-electron chi connectivity index (χ2n) is 6.93. The van der Waals surface area contributed by atoms with Crippen molar-refractivity contribution in [2.45, 2.75) is 26.0 Å². The van der Waals surface area contributed by atoms with E-state index in [2.05, 4.69) is 5.32 Å². The molecule has 1 amide bonds. The minimum absolute atomic E-state index is 0.175. The van der Waals surface area contributed by atoms with Crippen molar-refractivity contribution in [1.82, 2.24) is 10.2 Å². The van der Waals surface area contributed by atoms with Gasteiger partial charge in [0.15, 0.2) is 11.5 Å². The molecule has 6 heteroatoms. The van der Waals surface area contributed by atoms with Crippen LogP contribution in [0.3, 0.4) is 0 Å². The van der Waals surface area contributed by atoms with Crippen molar-refractivity contribution in [2.24, 2.45) is 0 Å². The minimum Gasteiger partial charge on any atom is -0.493 e. The molecule has 0 aromatic heterocycles. The fourth-order valence-electron chi connectivity index (χ4n) is 3.20. The van der Waals surface area contributed by atoms with Gasteiger partial charge in [-0.3, -0.25) is 0 Å². The third kappa shape index (κ3) is 5.63. The Bertz CT molecular complexity index is 766. The van der Waals surface area contributed by atoms with Gasteiger partial charge in [-0.1, -0.05) is 36.4 Å². The van der Waals surface area contributed by atoms with Gasteiger partial charge in [0.25, 0.3) is 0 Å². The number of ether oxygens (including phenoxy) is 3. The van der Waals surface area contributed by atoms with Crippen LogP contribution in [-0.2, 0) is 11.3 Å². The molecule has 1 saturated heterocycles. The first-order chi connectivity index (χ1) is 13.7. The van der Waals surface area contributed by atoms with E-state index in [4.69, 9.17) is 14.2 Å². The standard InChI is InChI=1S/C22H28N2O4/c1-17-8-9-20(21(14-17)26-2)27-13-10-19-15-24(12-11-23-19)22(25)28-16-18-6-4-3-5-7-18/h3-9,14,19,23H,10-13,15-16H2,1-2H3/t19-/m1/s1. The van der Waals surface area contributed by atoms with Crippen LogP contribution in [0.4, 0.5) is 4.79 Å². The number of hydrogen-bond acceptors (Lipinski definition) is 5. The smallest absolute Gasteiger partial charge is 0.410 e. The summed E-state index contributed by atoms with van der Waals surface area (Å²) < 4.78 is 16.7. The van der Waals surface area contributed by atoms with Crippen LogP contribution in [0.2, 0.25) is 0 Å². The molecule has 28 heavy (non-hydrogen) atoms. The summed E-state index contributed by atoms with van der Waals surface area (Å²) in [5.74, 6) is 1.48. The molecule has 1 N–H and O–H groups in total. The Labute approximate surface area is 166 Å². The van der Waals surface area contributed by atoms with E-state index < -0.39 is 0 Å². The van der Waals surface area contributed by atoms with Gasteiger partial charge in [0.2, 0.25) is 0 Å². The Balaban J connectivity index is 1.44. The fourth-order valence-corrected chi connectivity index (χ4v) is 3.20. The van der Waals surface area contributed by atoms with E-state index >= 15 is 0 Å². The zero-order chi connectivity index (χ0) is 19.8.